The summed E-state index contributed by atoms with van der Waals surface area (Å²) in [5.41, 5.74) is 4.88. The molecule has 0 aliphatic carbocycles. The van der Waals surface area contributed by atoms with Crippen molar-refractivity contribution in [1.82, 2.24) is 20.3 Å². The van der Waals surface area contributed by atoms with E-state index in [1.54, 1.807) is 18.7 Å². The van der Waals surface area contributed by atoms with E-state index in [9.17, 15) is 9.59 Å². The summed E-state index contributed by atoms with van der Waals surface area (Å²) in [5.74, 6) is 0.768. The first-order valence-corrected chi connectivity index (χ1v) is 8.97. The first-order valence-electron chi connectivity index (χ1n) is 8.97. The molecule has 0 saturated heterocycles. The maximum atomic E-state index is 12.3. The molecule has 0 saturated carbocycles. The van der Waals surface area contributed by atoms with Crippen LogP contribution in [-0.2, 0) is 29.6 Å². The summed E-state index contributed by atoms with van der Waals surface area (Å²) in [6.07, 6.45) is 3.08. The first-order chi connectivity index (χ1) is 14.0. The van der Waals surface area contributed by atoms with E-state index >= 15 is 0 Å². The van der Waals surface area contributed by atoms with E-state index in [-0.39, 0.29) is 12.3 Å². The molecule has 0 aliphatic rings. The number of methoxy groups -OCH3 is 1. The number of nitrogens with one attached hydrogen (secondary N) is 2. The molecule has 29 heavy (non-hydrogen) atoms. The lowest BCUT2D eigenvalue weighted by Crippen LogP contribution is -2.25. The zero-order valence-electron chi connectivity index (χ0n) is 16.2. The lowest BCUT2D eigenvalue weighted by Gasteiger charge is -2.06. The smallest absolute Gasteiger partial charge is 0.267 e. The number of hydrogen-bond donors (Lipinski definition) is 3. The maximum absolute atomic E-state index is 12.3. The fourth-order valence-electron chi connectivity index (χ4n) is 2.91. The third-order valence-corrected chi connectivity index (χ3v) is 4.50. The fourth-order valence-corrected chi connectivity index (χ4v) is 2.91. The minimum absolute atomic E-state index is 0.0964. The summed E-state index contributed by atoms with van der Waals surface area (Å²) in [7, 11) is 3.48. The maximum Gasteiger partial charge on any atom is 0.267 e. The number of carbonyl (C=O) groups is 2. The molecule has 2 aromatic carbocycles. The average molecular weight is 394 g/mol. The third kappa shape index (κ3) is 4.99. The summed E-state index contributed by atoms with van der Waals surface area (Å²) >= 11 is 0. The van der Waals surface area contributed by atoms with Crippen molar-refractivity contribution in [2.45, 2.75) is 13.0 Å². The Balaban J connectivity index is 1.66. The predicted octanol–water partition coefficient (Wildman–Crippen LogP) is 1.96. The van der Waals surface area contributed by atoms with E-state index in [0.717, 1.165) is 33.7 Å². The molecule has 150 valence electrons. The van der Waals surface area contributed by atoms with Gasteiger partial charge >= 0.3 is 0 Å². The van der Waals surface area contributed by atoms with Crippen molar-refractivity contribution in [3.05, 3.63) is 65.5 Å². The second-order valence-corrected chi connectivity index (χ2v) is 6.45. The van der Waals surface area contributed by atoms with Crippen LogP contribution >= 0.6 is 0 Å². The zero-order valence-corrected chi connectivity index (χ0v) is 16.2. The highest BCUT2D eigenvalue weighted by Gasteiger charge is 2.10. The summed E-state index contributed by atoms with van der Waals surface area (Å²) < 4.78 is 7.03. The van der Waals surface area contributed by atoms with E-state index in [1.165, 1.54) is 6.08 Å². The van der Waals surface area contributed by atoms with Gasteiger partial charge in [-0.05, 0) is 41.5 Å². The molecule has 0 fully saturated rings. The van der Waals surface area contributed by atoms with Crippen LogP contribution in [0, 0.1) is 0 Å². The molecule has 2 amide bonds. The van der Waals surface area contributed by atoms with Crippen molar-refractivity contribution in [2.24, 2.45) is 7.05 Å². The number of carbonyl (C=O) groups excluding carboxylic acids is 2. The van der Waals surface area contributed by atoms with E-state index in [2.05, 4.69) is 10.3 Å². The molecule has 0 unspecified atom stereocenters. The van der Waals surface area contributed by atoms with Crippen LogP contribution in [0.4, 0.5) is 0 Å². The molecule has 0 aliphatic heterocycles. The molecule has 3 N–H and O–H groups in total. The SMILES string of the molecule is COc1ccc(CC(=O)NCc2nc3cc(/C=C/C(=O)NO)ccc3n2C)cc1. The lowest BCUT2D eigenvalue weighted by atomic mass is 10.1. The number of imidazole rings is 1. The molecule has 0 bridgehead atoms. The Morgan fingerprint density at radius 1 is 1.21 bits per heavy atom. The molecule has 0 radical (unpaired) electrons. The van der Waals surface area contributed by atoms with Gasteiger partial charge in [-0.1, -0.05) is 18.2 Å². The van der Waals surface area contributed by atoms with Crippen LogP contribution in [-0.4, -0.2) is 33.7 Å². The van der Waals surface area contributed by atoms with Gasteiger partial charge in [0, 0.05) is 13.1 Å². The van der Waals surface area contributed by atoms with Crippen molar-refractivity contribution in [3.63, 3.8) is 0 Å². The number of aromatic nitrogens is 2. The van der Waals surface area contributed by atoms with Gasteiger partial charge in [0.05, 0.1) is 31.1 Å². The van der Waals surface area contributed by atoms with Gasteiger partial charge in [0.1, 0.15) is 11.6 Å². The third-order valence-electron chi connectivity index (χ3n) is 4.50. The van der Waals surface area contributed by atoms with Gasteiger partial charge in [-0.25, -0.2) is 10.5 Å². The Bertz CT molecular complexity index is 1050. The molecule has 8 heteroatoms. The molecule has 3 rings (SSSR count). The second kappa shape index (κ2) is 9.03. The van der Waals surface area contributed by atoms with Crippen molar-refractivity contribution >= 4 is 28.9 Å². The molecule has 1 aromatic heterocycles. The number of ether oxygens (including phenoxy) is 1. The van der Waals surface area contributed by atoms with E-state index < -0.39 is 5.91 Å². The largest absolute Gasteiger partial charge is 0.497 e. The number of nitrogens with zero attached hydrogens (tertiary/aromatic N) is 2. The van der Waals surface area contributed by atoms with Crippen LogP contribution in [0.3, 0.4) is 0 Å². The Labute approximate surface area is 167 Å². The van der Waals surface area contributed by atoms with Crippen LogP contribution < -0.4 is 15.5 Å². The molecule has 1 heterocycles. The minimum Gasteiger partial charge on any atom is -0.497 e. The van der Waals surface area contributed by atoms with E-state index in [0.29, 0.717) is 6.54 Å². The molecule has 3 aromatic rings. The number of aryl methyl sites for hydroxylation is 1. The second-order valence-electron chi connectivity index (χ2n) is 6.45. The number of benzene rings is 2. The summed E-state index contributed by atoms with van der Waals surface area (Å²) in [6.45, 7) is 0.304. The van der Waals surface area contributed by atoms with E-state index in [4.69, 9.17) is 9.94 Å². The van der Waals surface area contributed by atoms with Crippen LogP contribution in [0.2, 0.25) is 0 Å². The molecular weight excluding hydrogens is 372 g/mol. The van der Waals surface area contributed by atoms with Crippen LogP contribution in [0.1, 0.15) is 17.0 Å². The van der Waals surface area contributed by atoms with Crippen LogP contribution in [0.15, 0.2) is 48.5 Å². The van der Waals surface area contributed by atoms with Gasteiger partial charge in [0.15, 0.2) is 0 Å². The Hall–Kier alpha value is -3.65. The van der Waals surface area contributed by atoms with Crippen molar-refractivity contribution < 1.29 is 19.5 Å². The average Bonchev–Trinajstić information content (AvgIpc) is 3.06. The highest BCUT2D eigenvalue weighted by Crippen LogP contribution is 2.18. The minimum atomic E-state index is -0.605. The number of amides is 2. The molecular formula is C21H22N4O4. The Morgan fingerprint density at radius 2 is 1.97 bits per heavy atom. The standard InChI is InChI=1S/C21H22N4O4/c1-25-18-9-5-14(6-10-20(26)24-28)11-17(18)23-19(25)13-22-21(27)12-15-3-7-16(29-2)8-4-15/h3-11,28H,12-13H2,1-2H3,(H,22,27)(H,24,26)/b10-6+. The number of fused-ring (bicyclic) bond motifs is 1. The van der Waals surface area contributed by atoms with Crippen LogP contribution in [0.5, 0.6) is 5.75 Å². The van der Waals surface area contributed by atoms with Gasteiger partial charge in [-0.15, -0.1) is 0 Å². The Morgan fingerprint density at radius 3 is 2.66 bits per heavy atom. The van der Waals surface area contributed by atoms with E-state index in [1.807, 2.05) is 54.1 Å². The molecule has 8 nitrogen and oxygen atoms in total. The summed E-state index contributed by atoms with van der Waals surface area (Å²) in [6, 6.07) is 12.9. The highest BCUT2D eigenvalue weighted by molar-refractivity contribution is 5.91. The van der Waals surface area contributed by atoms with Crippen molar-refractivity contribution in [1.29, 1.82) is 0 Å². The predicted molar refractivity (Wildman–Crippen MR) is 108 cm³/mol. The highest BCUT2D eigenvalue weighted by atomic mass is 16.5. The quantitative estimate of drug-likeness (QED) is 0.323. The fraction of sp³-hybridized carbons (Fsp3) is 0.190. The van der Waals surface area contributed by atoms with Gasteiger partial charge in [0.2, 0.25) is 5.91 Å². The Kier molecular flexibility index (Phi) is 6.25. The molecule has 0 atom stereocenters. The number of rotatable bonds is 7. The monoisotopic (exact) mass is 394 g/mol. The topological polar surface area (TPSA) is 105 Å². The van der Waals surface area contributed by atoms with Gasteiger partial charge in [-0.2, -0.15) is 0 Å². The number of hydroxylamine groups is 1. The lowest BCUT2D eigenvalue weighted by molar-refractivity contribution is -0.124. The van der Waals surface area contributed by atoms with Gasteiger partial charge in [0.25, 0.3) is 5.91 Å². The summed E-state index contributed by atoms with van der Waals surface area (Å²) in [5, 5.41) is 11.4. The number of hydrogen-bond acceptors (Lipinski definition) is 5. The molecule has 0 spiro atoms. The first kappa shape index (κ1) is 20.1. The normalized spacial score (nSPS) is 11.0. The van der Waals surface area contributed by atoms with Crippen molar-refractivity contribution in [3.8, 4) is 5.75 Å². The van der Waals surface area contributed by atoms with Gasteiger partial charge < -0.3 is 14.6 Å². The van der Waals surface area contributed by atoms with Crippen LogP contribution in [0.25, 0.3) is 17.1 Å². The van der Waals surface area contributed by atoms with Crippen molar-refractivity contribution in [2.75, 3.05) is 7.11 Å². The summed E-state index contributed by atoms with van der Waals surface area (Å²) in [4.78, 5) is 27.9. The van der Waals surface area contributed by atoms with Gasteiger partial charge in [-0.3, -0.25) is 14.8 Å². The zero-order chi connectivity index (χ0) is 20.8.